The van der Waals surface area contributed by atoms with E-state index in [1.54, 1.807) is 6.20 Å². The van der Waals surface area contributed by atoms with Gasteiger partial charge in [0, 0.05) is 44.0 Å². The Hall–Kier alpha value is -2.92. The molecule has 0 spiro atoms. The van der Waals surface area contributed by atoms with Crippen LogP contribution in [0.25, 0.3) is 11.2 Å². The number of aromatic nitrogens is 4. The standard InChI is InChI=1S/C24H29F3N6O2.CH4/c1-2-35-17-5-3-15(4-6-17)29-23-28-13-20-22(32-23)33(16-7-9-34-10-8-16)24(30-20)31-21-18(26)11-14(25)12-19(21)27;/h11-13,15-17H,2-10H2,1H3,(H,30,31)(H,28,29,32);1H4. The first-order chi connectivity index (χ1) is 17.0. The summed E-state index contributed by atoms with van der Waals surface area (Å²) in [5.74, 6) is -2.36. The first-order valence-electron chi connectivity index (χ1n) is 12.1. The number of anilines is 3. The number of ether oxygens (including phenoxy) is 2. The number of benzene rings is 1. The number of rotatable bonds is 7. The van der Waals surface area contributed by atoms with Crippen molar-refractivity contribution >= 4 is 28.7 Å². The molecule has 1 aromatic carbocycles. The number of hydrogen-bond donors (Lipinski definition) is 2. The van der Waals surface area contributed by atoms with Crippen LogP contribution >= 0.6 is 0 Å². The van der Waals surface area contributed by atoms with Crippen molar-refractivity contribution in [2.45, 2.75) is 71.1 Å². The van der Waals surface area contributed by atoms with Gasteiger partial charge in [-0.3, -0.25) is 4.57 Å². The number of halogens is 3. The Labute approximate surface area is 208 Å². The average molecular weight is 507 g/mol. The summed E-state index contributed by atoms with van der Waals surface area (Å²) in [7, 11) is 0. The maximum absolute atomic E-state index is 14.4. The van der Waals surface area contributed by atoms with E-state index < -0.39 is 23.1 Å². The Morgan fingerprint density at radius 3 is 2.39 bits per heavy atom. The van der Waals surface area contributed by atoms with Crippen molar-refractivity contribution in [3.63, 3.8) is 0 Å². The molecule has 5 rings (SSSR count). The molecule has 2 aromatic heterocycles. The van der Waals surface area contributed by atoms with Crippen LogP contribution in [0.3, 0.4) is 0 Å². The molecule has 11 heteroatoms. The Balaban J connectivity index is 0.00000304. The van der Waals surface area contributed by atoms with E-state index in [0.717, 1.165) is 32.3 Å². The molecule has 2 fully saturated rings. The molecular formula is C25H33F3N6O2. The van der Waals surface area contributed by atoms with Crippen molar-refractivity contribution in [3.8, 4) is 0 Å². The van der Waals surface area contributed by atoms with Crippen molar-refractivity contribution in [2.75, 3.05) is 30.5 Å². The SMILES string of the molecule is C.CCOC1CCC(Nc2ncc3nc(Nc4c(F)cc(F)cc4F)n(C4CCOCC4)c3n2)CC1. The smallest absolute Gasteiger partial charge is 0.224 e. The van der Waals surface area contributed by atoms with Crippen LogP contribution in [0, 0.1) is 17.5 Å². The van der Waals surface area contributed by atoms with E-state index >= 15 is 0 Å². The van der Waals surface area contributed by atoms with E-state index in [4.69, 9.17) is 14.5 Å². The van der Waals surface area contributed by atoms with Crippen LogP contribution in [0.5, 0.6) is 0 Å². The van der Waals surface area contributed by atoms with Crippen LogP contribution in [0.15, 0.2) is 18.3 Å². The van der Waals surface area contributed by atoms with Crippen LogP contribution < -0.4 is 10.6 Å². The average Bonchev–Trinajstić information content (AvgIpc) is 3.20. The molecule has 0 atom stereocenters. The maximum Gasteiger partial charge on any atom is 0.224 e. The highest BCUT2D eigenvalue weighted by Crippen LogP contribution is 2.33. The molecule has 1 saturated heterocycles. The van der Waals surface area contributed by atoms with E-state index in [0.29, 0.717) is 61.4 Å². The minimum Gasteiger partial charge on any atom is -0.381 e. The molecule has 8 nitrogen and oxygen atoms in total. The van der Waals surface area contributed by atoms with Crippen LogP contribution in [-0.4, -0.2) is 51.5 Å². The van der Waals surface area contributed by atoms with Crippen LogP contribution in [0.1, 0.15) is 58.9 Å². The van der Waals surface area contributed by atoms with Gasteiger partial charge in [0.1, 0.15) is 17.0 Å². The highest BCUT2D eigenvalue weighted by atomic mass is 19.1. The molecule has 2 aliphatic rings. The predicted molar refractivity (Wildman–Crippen MR) is 132 cm³/mol. The van der Waals surface area contributed by atoms with Crippen molar-refractivity contribution in [1.82, 2.24) is 19.5 Å². The summed E-state index contributed by atoms with van der Waals surface area (Å²) in [6, 6.07) is 1.47. The second kappa shape index (κ2) is 11.4. The summed E-state index contributed by atoms with van der Waals surface area (Å²) in [4.78, 5) is 13.7. The second-order valence-electron chi connectivity index (χ2n) is 8.99. The highest BCUT2D eigenvalue weighted by Gasteiger charge is 2.26. The van der Waals surface area contributed by atoms with Gasteiger partial charge in [0.05, 0.1) is 12.3 Å². The maximum atomic E-state index is 14.4. The van der Waals surface area contributed by atoms with Crippen LogP contribution in [-0.2, 0) is 9.47 Å². The summed E-state index contributed by atoms with van der Waals surface area (Å²) in [6.07, 6.45) is 7.19. The Morgan fingerprint density at radius 1 is 1.03 bits per heavy atom. The van der Waals surface area contributed by atoms with Gasteiger partial charge in [-0.05, 0) is 45.4 Å². The van der Waals surface area contributed by atoms with Crippen molar-refractivity contribution in [3.05, 3.63) is 35.8 Å². The van der Waals surface area contributed by atoms with E-state index in [9.17, 15) is 13.2 Å². The molecule has 0 unspecified atom stereocenters. The lowest BCUT2D eigenvalue weighted by Gasteiger charge is -2.29. The number of hydrogen-bond acceptors (Lipinski definition) is 7. The zero-order valence-electron chi connectivity index (χ0n) is 19.6. The molecule has 1 aliphatic carbocycles. The minimum atomic E-state index is -1.04. The minimum absolute atomic E-state index is 0. The van der Waals surface area contributed by atoms with Gasteiger partial charge in [-0.2, -0.15) is 4.98 Å². The summed E-state index contributed by atoms with van der Waals surface area (Å²) in [6.45, 7) is 3.85. The van der Waals surface area contributed by atoms with Gasteiger partial charge in [0.25, 0.3) is 0 Å². The van der Waals surface area contributed by atoms with E-state index in [-0.39, 0.29) is 25.5 Å². The number of nitrogens with one attached hydrogen (secondary N) is 2. The Kier molecular flexibility index (Phi) is 8.30. The first kappa shape index (κ1) is 26.2. The van der Waals surface area contributed by atoms with Crippen molar-refractivity contribution < 1.29 is 22.6 Å². The highest BCUT2D eigenvalue weighted by molar-refractivity contribution is 5.76. The molecular weight excluding hydrogens is 473 g/mol. The normalized spacial score (nSPS) is 20.8. The molecule has 196 valence electrons. The molecule has 1 saturated carbocycles. The zero-order chi connectivity index (χ0) is 24.4. The van der Waals surface area contributed by atoms with Gasteiger partial charge < -0.3 is 20.1 Å². The largest absolute Gasteiger partial charge is 0.381 e. The summed E-state index contributed by atoms with van der Waals surface area (Å²) in [5.41, 5.74) is 0.586. The molecule has 3 heterocycles. The van der Waals surface area contributed by atoms with Gasteiger partial charge in [-0.15, -0.1) is 0 Å². The molecule has 2 N–H and O–H groups in total. The Morgan fingerprint density at radius 2 is 1.72 bits per heavy atom. The number of imidazole rings is 1. The van der Waals surface area contributed by atoms with Gasteiger partial charge in [-0.1, -0.05) is 7.43 Å². The van der Waals surface area contributed by atoms with Gasteiger partial charge in [0.15, 0.2) is 17.3 Å². The Bertz CT molecular complexity index is 1150. The first-order valence-corrected chi connectivity index (χ1v) is 12.1. The lowest BCUT2D eigenvalue weighted by Crippen LogP contribution is -2.30. The van der Waals surface area contributed by atoms with Gasteiger partial charge in [-0.25, -0.2) is 23.1 Å². The lowest BCUT2D eigenvalue weighted by molar-refractivity contribution is 0.0346. The van der Waals surface area contributed by atoms with E-state index in [1.807, 2.05) is 11.5 Å². The summed E-state index contributed by atoms with van der Waals surface area (Å²) in [5, 5.41) is 6.16. The second-order valence-corrected chi connectivity index (χ2v) is 8.99. The predicted octanol–water partition coefficient (Wildman–Crippen LogP) is 5.73. The van der Waals surface area contributed by atoms with Crippen molar-refractivity contribution in [2.24, 2.45) is 0 Å². The fourth-order valence-corrected chi connectivity index (χ4v) is 4.90. The fourth-order valence-electron chi connectivity index (χ4n) is 4.90. The molecule has 0 amide bonds. The lowest BCUT2D eigenvalue weighted by atomic mass is 9.93. The molecule has 36 heavy (non-hydrogen) atoms. The number of fused-ring (bicyclic) bond motifs is 1. The van der Waals surface area contributed by atoms with E-state index in [2.05, 4.69) is 20.6 Å². The third kappa shape index (κ3) is 5.57. The van der Waals surface area contributed by atoms with E-state index in [1.165, 1.54) is 0 Å². The summed E-state index contributed by atoms with van der Waals surface area (Å²) >= 11 is 0. The van der Waals surface area contributed by atoms with Crippen LogP contribution in [0.2, 0.25) is 0 Å². The third-order valence-corrected chi connectivity index (χ3v) is 6.64. The van der Waals surface area contributed by atoms with Gasteiger partial charge in [0.2, 0.25) is 11.9 Å². The third-order valence-electron chi connectivity index (χ3n) is 6.64. The summed E-state index contributed by atoms with van der Waals surface area (Å²) < 4.78 is 55.2. The van der Waals surface area contributed by atoms with Crippen molar-refractivity contribution in [1.29, 1.82) is 0 Å². The number of nitrogens with zero attached hydrogens (tertiary/aromatic N) is 4. The van der Waals surface area contributed by atoms with Crippen LogP contribution in [0.4, 0.5) is 30.8 Å². The molecule has 0 radical (unpaired) electrons. The molecule has 1 aliphatic heterocycles. The zero-order valence-corrected chi connectivity index (χ0v) is 19.6. The monoisotopic (exact) mass is 506 g/mol. The quantitative estimate of drug-likeness (QED) is 0.423. The molecule has 0 bridgehead atoms. The topological polar surface area (TPSA) is 86.1 Å². The fraction of sp³-hybridized carbons (Fsp3) is 0.560. The van der Waals surface area contributed by atoms with Gasteiger partial charge >= 0.3 is 0 Å². The molecule has 3 aromatic rings.